The van der Waals surface area contributed by atoms with Crippen molar-refractivity contribution in [3.63, 3.8) is 0 Å². The number of nitrogens with one attached hydrogen (secondary N) is 2. The molecule has 0 spiro atoms. The van der Waals surface area contributed by atoms with Crippen molar-refractivity contribution in [2.45, 2.75) is 12.8 Å². The third-order valence-corrected chi connectivity index (χ3v) is 4.55. The molecule has 1 aliphatic rings. The summed E-state index contributed by atoms with van der Waals surface area (Å²) in [6, 6.07) is 6.78. The van der Waals surface area contributed by atoms with Crippen molar-refractivity contribution >= 4 is 40.6 Å². The van der Waals surface area contributed by atoms with Crippen molar-refractivity contribution in [3.05, 3.63) is 46.1 Å². The molecule has 1 aromatic carbocycles. The van der Waals surface area contributed by atoms with Gasteiger partial charge in [0.25, 0.3) is 5.91 Å². The van der Waals surface area contributed by atoms with Crippen LogP contribution in [0.5, 0.6) is 0 Å². The van der Waals surface area contributed by atoms with Gasteiger partial charge in [0, 0.05) is 37.3 Å². The van der Waals surface area contributed by atoms with Gasteiger partial charge in [0.2, 0.25) is 0 Å². The third kappa shape index (κ3) is 4.74. The highest BCUT2D eigenvalue weighted by Gasteiger charge is 2.13. The molecule has 0 saturated carbocycles. The van der Waals surface area contributed by atoms with Crippen LogP contribution in [-0.2, 0) is 0 Å². The van der Waals surface area contributed by atoms with Crippen molar-refractivity contribution in [2.24, 2.45) is 0 Å². The predicted octanol–water partition coefficient (Wildman–Crippen LogP) is 3.23. The van der Waals surface area contributed by atoms with Crippen LogP contribution in [0, 0.1) is 0 Å². The summed E-state index contributed by atoms with van der Waals surface area (Å²) in [4.78, 5) is 14.4. The maximum atomic E-state index is 12.1. The van der Waals surface area contributed by atoms with E-state index in [1.807, 2.05) is 6.07 Å². The Morgan fingerprint density at radius 1 is 1.16 bits per heavy atom. The average molecular weight is 380 g/mol. The van der Waals surface area contributed by atoms with Crippen molar-refractivity contribution in [1.82, 2.24) is 15.5 Å². The van der Waals surface area contributed by atoms with E-state index in [1.165, 1.54) is 12.8 Å². The third-order valence-electron chi connectivity index (χ3n) is 4.00. The number of anilines is 2. The summed E-state index contributed by atoms with van der Waals surface area (Å²) < 4.78 is 0. The molecule has 0 aliphatic carbocycles. The number of carbonyl (C=O) groups is 1. The van der Waals surface area contributed by atoms with Crippen molar-refractivity contribution in [2.75, 3.05) is 36.4 Å². The zero-order valence-corrected chi connectivity index (χ0v) is 15.1. The second-order valence-corrected chi connectivity index (χ2v) is 6.64. The number of amides is 1. The lowest BCUT2D eigenvalue weighted by Gasteiger charge is -2.17. The van der Waals surface area contributed by atoms with Crippen LogP contribution in [0.25, 0.3) is 0 Å². The van der Waals surface area contributed by atoms with Gasteiger partial charge in [0.05, 0.1) is 22.5 Å². The van der Waals surface area contributed by atoms with Crippen LogP contribution in [0.15, 0.2) is 30.5 Å². The maximum Gasteiger partial charge on any atom is 0.252 e. The first-order valence-corrected chi connectivity index (χ1v) is 8.94. The largest absolute Gasteiger partial charge is 0.370 e. The smallest absolute Gasteiger partial charge is 0.252 e. The van der Waals surface area contributed by atoms with Gasteiger partial charge in [-0.3, -0.25) is 4.79 Å². The SMILES string of the molecule is O=C(NCCNc1cc(N2CCCC2)cnn1)c1ccc(Cl)cc1Cl. The van der Waals surface area contributed by atoms with E-state index in [-0.39, 0.29) is 5.91 Å². The molecule has 0 bridgehead atoms. The topological polar surface area (TPSA) is 70.2 Å². The first-order valence-electron chi connectivity index (χ1n) is 8.18. The lowest BCUT2D eigenvalue weighted by Crippen LogP contribution is -2.29. The summed E-state index contributed by atoms with van der Waals surface area (Å²) >= 11 is 11.9. The molecule has 2 aromatic rings. The van der Waals surface area contributed by atoms with Gasteiger partial charge in [-0.25, -0.2) is 0 Å². The van der Waals surface area contributed by atoms with E-state index in [4.69, 9.17) is 23.2 Å². The Hall–Kier alpha value is -2.05. The second-order valence-electron chi connectivity index (χ2n) is 5.80. The van der Waals surface area contributed by atoms with Crippen LogP contribution in [0.4, 0.5) is 11.5 Å². The summed E-state index contributed by atoms with van der Waals surface area (Å²) in [5, 5.41) is 14.9. The molecule has 1 aliphatic heterocycles. The van der Waals surface area contributed by atoms with E-state index >= 15 is 0 Å². The molecular formula is C17H19Cl2N5O. The van der Waals surface area contributed by atoms with Crippen LogP contribution in [0.2, 0.25) is 10.0 Å². The molecule has 2 N–H and O–H groups in total. The van der Waals surface area contributed by atoms with E-state index in [0.29, 0.717) is 34.5 Å². The van der Waals surface area contributed by atoms with Gasteiger partial charge in [-0.15, -0.1) is 5.10 Å². The normalized spacial score (nSPS) is 13.8. The zero-order valence-electron chi connectivity index (χ0n) is 13.6. The Morgan fingerprint density at radius 2 is 1.96 bits per heavy atom. The van der Waals surface area contributed by atoms with Gasteiger partial charge < -0.3 is 15.5 Å². The summed E-state index contributed by atoms with van der Waals surface area (Å²) in [7, 11) is 0. The minimum atomic E-state index is -0.236. The van der Waals surface area contributed by atoms with Gasteiger partial charge in [-0.2, -0.15) is 5.10 Å². The zero-order chi connectivity index (χ0) is 17.6. The number of hydrogen-bond donors (Lipinski definition) is 2. The number of rotatable bonds is 6. The molecule has 3 rings (SSSR count). The van der Waals surface area contributed by atoms with Crippen LogP contribution in [-0.4, -0.2) is 42.3 Å². The number of hydrogen-bond acceptors (Lipinski definition) is 5. The minimum absolute atomic E-state index is 0.236. The Labute approximate surface area is 156 Å². The first kappa shape index (κ1) is 17.8. The highest BCUT2D eigenvalue weighted by Crippen LogP contribution is 2.21. The van der Waals surface area contributed by atoms with E-state index in [0.717, 1.165) is 18.8 Å². The lowest BCUT2D eigenvalue weighted by molar-refractivity contribution is 0.0955. The molecule has 1 amide bonds. The molecule has 6 nitrogen and oxygen atoms in total. The van der Waals surface area contributed by atoms with E-state index in [2.05, 4.69) is 25.7 Å². The fraction of sp³-hybridized carbons (Fsp3) is 0.353. The quantitative estimate of drug-likeness (QED) is 0.753. The summed E-state index contributed by atoms with van der Waals surface area (Å²) in [5.74, 6) is 0.462. The lowest BCUT2D eigenvalue weighted by atomic mass is 10.2. The van der Waals surface area contributed by atoms with E-state index in [1.54, 1.807) is 24.4 Å². The molecule has 0 radical (unpaired) electrons. The highest BCUT2D eigenvalue weighted by atomic mass is 35.5. The van der Waals surface area contributed by atoms with Gasteiger partial charge in [-0.05, 0) is 31.0 Å². The van der Waals surface area contributed by atoms with Crippen LogP contribution in [0.3, 0.4) is 0 Å². The van der Waals surface area contributed by atoms with Crippen LogP contribution in [0.1, 0.15) is 23.2 Å². The Kier molecular flexibility index (Phi) is 5.94. The molecule has 1 fully saturated rings. The van der Waals surface area contributed by atoms with Gasteiger partial charge in [0.15, 0.2) is 5.82 Å². The second kappa shape index (κ2) is 8.36. The number of halogens is 2. The minimum Gasteiger partial charge on any atom is -0.370 e. The Balaban J connectivity index is 1.48. The molecule has 1 saturated heterocycles. The van der Waals surface area contributed by atoms with E-state index < -0.39 is 0 Å². The molecule has 0 atom stereocenters. The molecule has 132 valence electrons. The summed E-state index contributed by atoms with van der Waals surface area (Å²) in [6.07, 6.45) is 4.20. The van der Waals surface area contributed by atoms with Crippen LogP contribution < -0.4 is 15.5 Å². The first-order chi connectivity index (χ1) is 12.1. The number of carbonyl (C=O) groups excluding carboxylic acids is 1. The molecule has 2 heterocycles. The fourth-order valence-corrected chi connectivity index (χ4v) is 3.22. The van der Waals surface area contributed by atoms with Gasteiger partial charge in [0.1, 0.15) is 0 Å². The molecule has 25 heavy (non-hydrogen) atoms. The van der Waals surface area contributed by atoms with Crippen molar-refractivity contribution < 1.29 is 4.79 Å². The molecule has 1 aromatic heterocycles. The van der Waals surface area contributed by atoms with Crippen LogP contribution >= 0.6 is 23.2 Å². The Bertz CT molecular complexity index is 750. The fourth-order valence-electron chi connectivity index (χ4n) is 2.73. The average Bonchev–Trinajstić information content (AvgIpc) is 3.13. The molecular weight excluding hydrogens is 361 g/mol. The predicted molar refractivity (Wildman–Crippen MR) is 101 cm³/mol. The summed E-state index contributed by atoms with van der Waals surface area (Å²) in [6.45, 7) is 3.09. The molecule has 8 heteroatoms. The van der Waals surface area contributed by atoms with Crippen molar-refractivity contribution in [3.8, 4) is 0 Å². The standard InChI is InChI=1S/C17H19Cl2N5O/c18-12-3-4-14(15(19)9-12)17(25)21-6-5-20-16-10-13(11-22-23-16)24-7-1-2-8-24/h3-4,9-11H,1-2,5-8H2,(H,20,23)(H,21,25). The Morgan fingerprint density at radius 3 is 2.72 bits per heavy atom. The molecule has 0 unspecified atom stereocenters. The van der Waals surface area contributed by atoms with Crippen molar-refractivity contribution in [1.29, 1.82) is 0 Å². The van der Waals surface area contributed by atoms with E-state index in [9.17, 15) is 4.79 Å². The monoisotopic (exact) mass is 379 g/mol. The number of aromatic nitrogens is 2. The maximum absolute atomic E-state index is 12.1. The summed E-state index contributed by atoms with van der Waals surface area (Å²) in [5.41, 5.74) is 1.48. The highest BCUT2D eigenvalue weighted by molar-refractivity contribution is 6.36. The van der Waals surface area contributed by atoms with Gasteiger partial charge in [-0.1, -0.05) is 23.2 Å². The number of nitrogens with zero attached hydrogens (tertiary/aromatic N) is 3. The number of benzene rings is 1. The van der Waals surface area contributed by atoms with Gasteiger partial charge >= 0.3 is 0 Å².